The van der Waals surface area contributed by atoms with Crippen molar-refractivity contribution in [3.8, 4) is 5.75 Å². The average Bonchev–Trinajstić information content (AvgIpc) is 2.78. The highest BCUT2D eigenvalue weighted by Gasteiger charge is 2.49. The summed E-state index contributed by atoms with van der Waals surface area (Å²) in [4.78, 5) is 26.2. The molecule has 1 aliphatic carbocycles. The van der Waals surface area contributed by atoms with Crippen LogP contribution in [0.1, 0.15) is 36.3 Å². The molecular formula is C24H25N3O3S. The summed E-state index contributed by atoms with van der Waals surface area (Å²) >= 11 is 1.64. The number of Topliss-reactive ketones (excluding diaryl/α,β-unsaturated/α-hetero) is 1. The van der Waals surface area contributed by atoms with Crippen molar-refractivity contribution >= 4 is 23.5 Å². The topological polar surface area (TPSA) is 90.5 Å². The SMILES string of the molecule is O=C1CCCC2=C1C(c1ccc(O)cc1)C1C(=O)NC(SCc3ccccc3)NC1N2. The molecule has 1 amide bonds. The fourth-order valence-electron chi connectivity index (χ4n) is 4.80. The summed E-state index contributed by atoms with van der Waals surface area (Å²) in [6.45, 7) is 0. The molecule has 0 aromatic heterocycles. The van der Waals surface area contributed by atoms with E-state index in [0.717, 1.165) is 35.4 Å². The summed E-state index contributed by atoms with van der Waals surface area (Å²) in [6.07, 6.45) is 1.88. The molecule has 2 aliphatic heterocycles. The lowest BCUT2D eigenvalue weighted by atomic mass is 9.70. The maximum Gasteiger partial charge on any atom is 0.229 e. The number of nitrogens with one attached hydrogen (secondary N) is 3. The average molecular weight is 436 g/mol. The van der Waals surface area contributed by atoms with Crippen LogP contribution in [0.3, 0.4) is 0 Å². The number of hydrogen-bond donors (Lipinski definition) is 4. The zero-order valence-electron chi connectivity index (χ0n) is 17.0. The van der Waals surface area contributed by atoms with E-state index in [4.69, 9.17) is 0 Å². The van der Waals surface area contributed by atoms with Crippen LogP contribution in [0.2, 0.25) is 0 Å². The Morgan fingerprint density at radius 3 is 2.52 bits per heavy atom. The predicted octanol–water partition coefficient (Wildman–Crippen LogP) is 2.96. The van der Waals surface area contributed by atoms with Gasteiger partial charge in [-0.15, -0.1) is 11.8 Å². The van der Waals surface area contributed by atoms with Crippen LogP contribution in [0.5, 0.6) is 5.75 Å². The van der Waals surface area contributed by atoms with E-state index in [0.29, 0.717) is 6.42 Å². The Morgan fingerprint density at radius 2 is 1.74 bits per heavy atom. The van der Waals surface area contributed by atoms with Crippen molar-refractivity contribution in [3.63, 3.8) is 0 Å². The van der Waals surface area contributed by atoms with Gasteiger partial charge in [0.1, 0.15) is 11.2 Å². The van der Waals surface area contributed by atoms with Crippen molar-refractivity contribution in [2.75, 3.05) is 0 Å². The van der Waals surface area contributed by atoms with E-state index in [1.54, 1.807) is 23.9 Å². The van der Waals surface area contributed by atoms with Crippen molar-refractivity contribution in [1.29, 1.82) is 0 Å². The second kappa shape index (κ2) is 8.40. The molecule has 2 heterocycles. The van der Waals surface area contributed by atoms with Crippen LogP contribution < -0.4 is 16.0 Å². The number of aromatic hydroxyl groups is 1. The molecule has 0 radical (unpaired) electrons. The first-order chi connectivity index (χ1) is 15.1. The molecule has 2 aromatic carbocycles. The molecule has 160 valence electrons. The largest absolute Gasteiger partial charge is 0.508 e. The molecule has 5 rings (SSSR count). The molecule has 0 bridgehead atoms. The number of phenols is 1. The fourth-order valence-corrected chi connectivity index (χ4v) is 5.80. The molecule has 6 nitrogen and oxygen atoms in total. The first-order valence-corrected chi connectivity index (χ1v) is 11.7. The lowest BCUT2D eigenvalue weighted by molar-refractivity contribution is -0.130. The minimum Gasteiger partial charge on any atom is -0.508 e. The summed E-state index contributed by atoms with van der Waals surface area (Å²) in [7, 11) is 0. The van der Waals surface area contributed by atoms with E-state index in [9.17, 15) is 14.7 Å². The highest BCUT2D eigenvalue weighted by Crippen LogP contribution is 2.44. The van der Waals surface area contributed by atoms with Gasteiger partial charge in [0.05, 0.1) is 12.1 Å². The molecule has 4 atom stereocenters. The van der Waals surface area contributed by atoms with Crippen LogP contribution in [-0.2, 0) is 15.3 Å². The van der Waals surface area contributed by atoms with Gasteiger partial charge in [0.25, 0.3) is 0 Å². The van der Waals surface area contributed by atoms with Crippen LogP contribution in [-0.4, -0.2) is 28.5 Å². The van der Waals surface area contributed by atoms with Gasteiger partial charge in [-0.05, 0) is 36.1 Å². The maximum atomic E-state index is 13.3. The Hall–Kier alpha value is -2.77. The van der Waals surface area contributed by atoms with Crippen molar-refractivity contribution in [2.24, 2.45) is 5.92 Å². The van der Waals surface area contributed by atoms with Gasteiger partial charge in [-0.3, -0.25) is 14.9 Å². The molecule has 0 spiro atoms. The number of hydrogen-bond acceptors (Lipinski definition) is 6. The summed E-state index contributed by atoms with van der Waals surface area (Å²) in [5.74, 6) is 0.218. The Bertz CT molecular complexity index is 1020. The van der Waals surface area contributed by atoms with Crippen LogP contribution in [0.4, 0.5) is 0 Å². The Labute approximate surface area is 185 Å². The number of phenolic OH excluding ortho intramolecular Hbond substituents is 1. The zero-order valence-corrected chi connectivity index (χ0v) is 17.8. The van der Waals surface area contributed by atoms with Gasteiger partial charge in [-0.25, -0.2) is 0 Å². The number of allylic oxidation sites excluding steroid dienone is 2. The number of carbonyl (C=O) groups is 2. The second-order valence-corrected chi connectivity index (χ2v) is 9.33. The fraction of sp³-hybridized carbons (Fsp3) is 0.333. The van der Waals surface area contributed by atoms with E-state index in [1.807, 2.05) is 30.3 Å². The van der Waals surface area contributed by atoms with E-state index in [2.05, 4.69) is 28.1 Å². The van der Waals surface area contributed by atoms with Gasteiger partial charge < -0.3 is 15.7 Å². The highest BCUT2D eigenvalue weighted by molar-refractivity contribution is 7.99. The molecular weight excluding hydrogens is 410 g/mol. The molecule has 3 aliphatic rings. The molecule has 0 saturated carbocycles. The monoisotopic (exact) mass is 435 g/mol. The van der Waals surface area contributed by atoms with E-state index in [1.165, 1.54) is 5.56 Å². The molecule has 7 heteroatoms. The van der Waals surface area contributed by atoms with Crippen LogP contribution in [0.25, 0.3) is 0 Å². The lowest BCUT2D eigenvalue weighted by Gasteiger charge is -2.47. The number of carbonyl (C=O) groups excluding carboxylic acids is 2. The number of benzene rings is 2. The van der Waals surface area contributed by atoms with Crippen LogP contribution >= 0.6 is 11.8 Å². The Morgan fingerprint density at radius 1 is 0.968 bits per heavy atom. The smallest absolute Gasteiger partial charge is 0.229 e. The molecule has 1 saturated heterocycles. The first kappa shape index (κ1) is 20.2. The molecule has 4 N–H and O–H groups in total. The normalized spacial score (nSPS) is 27.7. The van der Waals surface area contributed by atoms with Crippen molar-refractivity contribution < 1.29 is 14.7 Å². The van der Waals surface area contributed by atoms with Gasteiger partial charge in [0, 0.05) is 29.4 Å². The van der Waals surface area contributed by atoms with Crippen molar-refractivity contribution in [3.05, 3.63) is 77.0 Å². The number of ketones is 1. The van der Waals surface area contributed by atoms with Gasteiger partial charge >= 0.3 is 0 Å². The van der Waals surface area contributed by atoms with Gasteiger partial charge in [-0.2, -0.15) is 0 Å². The third-order valence-electron chi connectivity index (χ3n) is 6.23. The Kier molecular flexibility index (Phi) is 5.46. The second-order valence-electron chi connectivity index (χ2n) is 8.24. The zero-order chi connectivity index (χ0) is 21.4. The molecule has 31 heavy (non-hydrogen) atoms. The van der Waals surface area contributed by atoms with Crippen molar-refractivity contribution in [1.82, 2.24) is 16.0 Å². The third kappa shape index (κ3) is 3.95. The number of amides is 1. The number of fused-ring (bicyclic) bond motifs is 1. The maximum absolute atomic E-state index is 13.3. The van der Waals surface area contributed by atoms with Gasteiger partial charge in [-0.1, -0.05) is 42.5 Å². The van der Waals surface area contributed by atoms with Crippen LogP contribution in [0.15, 0.2) is 65.9 Å². The highest BCUT2D eigenvalue weighted by atomic mass is 32.2. The molecule has 1 fully saturated rings. The third-order valence-corrected chi connectivity index (χ3v) is 7.32. The van der Waals surface area contributed by atoms with E-state index in [-0.39, 0.29) is 35.0 Å². The predicted molar refractivity (Wildman–Crippen MR) is 120 cm³/mol. The lowest BCUT2D eigenvalue weighted by Crippen LogP contribution is -2.67. The first-order valence-electron chi connectivity index (χ1n) is 10.6. The van der Waals surface area contributed by atoms with Crippen LogP contribution in [0, 0.1) is 5.92 Å². The standard InChI is InChI=1S/C24H25N3O3S/c28-16-11-9-15(10-12-16)19-20-17(7-4-8-18(20)29)25-22-21(19)23(30)27-24(26-22)31-13-14-5-2-1-3-6-14/h1-3,5-6,9-12,19,21-22,24-26,28H,4,7-8,13H2,(H,27,30). The summed E-state index contributed by atoms with van der Waals surface area (Å²) < 4.78 is 0. The van der Waals surface area contributed by atoms with Gasteiger partial charge in [0.2, 0.25) is 5.91 Å². The summed E-state index contributed by atoms with van der Waals surface area (Å²) in [6, 6.07) is 17.0. The summed E-state index contributed by atoms with van der Waals surface area (Å²) in [5, 5.41) is 19.8. The summed E-state index contributed by atoms with van der Waals surface area (Å²) in [5.41, 5.74) is 3.54. The minimum absolute atomic E-state index is 0.0650. The minimum atomic E-state index is -0.445. The van der Waals surface area contributed by atoms with Gasteiger partial charge in [0.15, 0.2) is 5.78 Å². The quantitative estimate of drug-likeness (QED) is 0.590. The Balaban J connectivity index is 1.43. The van der Waals surface area contributed by atoms with Crippen molar-refractivity contribution in [2.45, 2.75) is 42.6 Å². The molecule has 2 aromatic rings. The number of rotatable bonds is 4. The van der Waals surface area contributed by atoms with E-state index >= 15 is 0 Å². The number of thioether (sulfide) groups is 1. The van der Waals surface area contributed by atoms with E-state index < -0.39 is 5.92 Å². The molecule has 4 unspecified atom stereocenters.